The van der Waals surface area contributed by atoms with Crippen molar-refractivity contribution in [3.05, 3.63) is 83.0 Å². The Kier molecular flexibility index (Phi) is 7.80. The number of hydrogen-bond acceptors (Lipinski definition) is 6. The Morgan fingerprint density at radius 1 is 0.871 bits per heavy atom. The molecule has 0 aliphatic heterocycles. The van der Waals surface area contributed by atoms with Gasteiger partial charge in [-0.25, -0.2) is 0 Å². The first-order valence-electron chi connectivity index (χ1n) is 9.75. The Bertz CT molecular complexity index is 1030. The fourth-order valence-electron chi connectivity index (χ4n) is 2.88. The van der Waals surface area contributed by atoms with Crippen LogP contribution < -0.4 is 0 Å². The molecule has 164 valence electrons. The van der Waals surface area contributed by atoms with E-state index in [9.17, 15) is 30.3 Å². The largest absolute Gasteiger partial charge is 0.508 e. The summed E-state index contributed by atoms with van der Waals surface area (Å²) in [5.41, 5.74) is 2.51. The van der Waals surface area contributed by atoms with E-state index in [1.165, 1.54) is 24.3 Å². The van der Waals surface area contributed by atoms with Gasteiger partial charge >= 0.3 is 0 Å². The number of rotatable bonds is 9. The Morgan fingerprint density at radius 3 is 1.97 bits per heavy atom. The van der Waals surface area contributed by atoms with Crippen molar-refractivity contribution in [2.45, 2.75) is 38.9 Å². The van der Waals surface area contributed by atoms with Gasteiger partial charge < -0.3 is 25.5 Å². The summed E-state index contributed by atoms with van der Waals surface area (Å²) in [4.78, 5) is 12.6. The van der Waals surface area contributed by atoms with Gasteiger partial charge in [0.1, 0.15) is 17.2 Å². The molecule has 0 saturated heterocycles. The minimum absolute atomic E-state index is 0.0188. The van der Waals surface area contributed by atoms with E-state index in [1.807, 2.05) is 0 Å². The van der Waals surface area contributed by atoms with Crippen LogP contribution in [0.3, 0.4) is 0 Å². The molecule has 0 saturated carbocycles. The number of ketones is 1. The first-order valence-corrected chi connectivity index (χ1v) is 9.75. The number of aliphatic hydroxyl groups is 2. The first kappa shape index (κ1) is 23.9. The van der Waals surface area contributed by atoms with Crippen LogP contribution in [0.2, 0.25) is 0 Å². The zero-order chi connectivity index (χ0) is 23.3. The Morgan fingerprint density at radius 2 is 1.42 bits per heavy atom. The normalized spacial score (nSPS) is 13.2. The van der Waals surface area contributed by atoms with Crippen molar-refractivity contribution in [2.75, 3.05) is 0 Å². The summed E-state index contributed by atoms with van der Waals surface area (Å²) in [5, 5.41) is 50.1. The Balaban J connectivity index is 2.27. The van der Waals surface area contributed by atoms with E-state index in [4.69, 9.17) is 0 Å². The summed E-state index contributed by atoms with van der Waals surface area (Å²) in [6, 6.07) is 7.14. The molecule has 31 heavy (non-hydrogen) atoms. The van der Waals surface area contributed by atoms with Crippen molar-refractivity contribution in [1.82, 2.24) is 0 Å². The highest BCUT2D eigenvalue weighted by Crippen LogP contribution is 2.30. The summed E-state index contributed by atoms with van der Waals surface area (Å²) in [6.45, 7) is 10.7. The lowest BCUT2D eigenvalue weighted by Gasteiger charge is -2.13. The lowest BCUT2D eigenvalue weighted by molar-refractivity contribution is 0.104. The van der Waals surface area contributed by atoms with Crippen molar-refractivity contribution in [2.24, 2.45) is 0 Å². The predicted octanol–water partition coefficient (Wildman–Crippen LogP) is 3.66. The fourth-order valence-corrected chi connectivity index (χ4v) is 2.88. The number of hydrogen-bond donors (Lipinski definition) is 5. The summed E-state index contributed by atoms with van der Waals surface area (Å²) >= 11 is 0. The molecule has 2 atom stereocenters. The molecule has 2 unspecified atom stereocenters. The number of allylic oxidation sites excluding steroid dienone is 1. The number of phenols is 3. The fraction of sp³-hybridized carbons (Fsp3) is 0.240. The number of benzene rings is 2. The highest BCUT2D eigenvalue weighted by atomic mass is 16.3. The van der Waals surface area contributed by atoms with Crippen LogP contribution >= 0.6 is 0 Å². The van der Waals surface area contributed by atoms with Gasteiger partial charge in [-0.3, -0.25) is 4.79 Å². The van der Waals surface area contributed by atoms with Gasteiger partial charge in [-0.2, -0.15) is 0 Å². The highest BCUT2D eigenvalue weighted by molar-refractivity contribution is 6.08. The van der Waals surface area contributed by atoms with Crippen molar-refractivity contribution >= 4 is 11.9 Å². The molecule has 0 bridgehead atoms. The molecule has 0 fully saturated rings. The average Bonchev–Trinajstić information content (AvgIpc) is 2.69. The third kappa shape index (κ3) is 6.31. The van der Waals surface area contributed by atoms with Gasteiger partial charge in [0.05, 0.1) is 17.8 Å². The summed E-state index contributed by atoms with van der Waals surface area (Å²) < 4.78 is 0. The number of carbonyl (C=O) groups excluding carboxylic acids is 1. The third-order valence-corrected chi connectivity index (χ3v) is 4.96. The second kappa shape index (κ2) is 10.1. The molecule has 0 spiro atoms. The maximum atomic E-state index is 12.6. The van der Waals surface area contributed by atoms with Crippen molar-refractivity contribution in [3.8, 4) is 17.2 Å². The molecule has 0 aromatic heterocycles. The van der Waals surface area contributed by atoms with E-state index in [0.29, 0.717) is 27.8 Å². The van der Waals surface area contributed by atoms with E-state index in [1.54, 1.807) is 26.0 Å². The van der Waals surface area contributed by atoms with Crippen LogP contribution in [0.1, 0.15) is 40.9 Å². The Hall–Kier alpha value is -3.35. The van der Waals surface area contributed by atoms with Gasteiger partial charge in [-0.15, -0.1) is 0 Å². The second-order valence-corrected chi connectivity index (χ2v) is 7.72. The SMILES string of the molecule is C=C(C)C(O)Cc1cc(C=CC(=O)c2cc(CC(O)C(=C)C)c(O)cc2O)ccc1O. The monoisotopic (exact) mass is 424 g/mol. The van der Waals surface area contributed by atoms with Crippen LogP contribution in [0.4, 0.5) is 0 Å². The van der Waals surface area contributed by atoms with Gasteiger partial charge in [-0.05, 0) is 54.8 Å². The van der Waals surface area contributed by atoms with E-state index in [-0.39, 0.29) is 35.7 Å². The minimum Gasteiger partial charge on any atom is -0.508 e. The molecule has 0 aliphatic carbocycles. The van der Waals surface area contributed by atoms with Crippen molar-refractivity contribution < 1.29 is 30.3 Å². The first-order chi connectivity index (χ1) is 14.5. The second-order valence-electron chi connectivity index (χ2n) is 7.72. The van der Waals surface area contributed by atoms with Gasteiger partial charge in [0, 0.05) is 18.9 Å². The lowest BCUT2D eigenvalue weighted by Crippen LogP contribution is -2.12. The van der Waals surface area contributed by atoms with Crippen LogP contribution in [0.5, 0.6) is 17.2 Å². The zero-order valence-electron chi connectivity index (χ0n) is 17.7. The number of aliphatic hydroxyl groups excluding tert-OH is 2. The van der Waals surface area contributed by atoms with Crippen molar-refractivity contribution in [1.29, 1.82) is 0 Å². The molecule has 6 nitrogen and oxygen atoms in total. The maximum Gasteiger partial charge on any atom is 0.189 e. The van der Waals surface area contributed by atoms with Gasteiger partial charge in [0.2, 0.25) is 0 Å². The Labute approximate surface area is 181 Å². The smallest absolute Gasteiger partial charge is 0.189 e. The molecule has 5 N–H and O–H groups in total. The van der Waals surface area contributed by atoms with Crippen LogP contribution in [0, 0.1) is 0 Å². The third-order valence-electron chi connectivity index (χ3n) is 4.96. The molecule has 2 aromatic carbocycles. The molecule has 6 heteroatoms. The standard InChI is InChI=1S/C25H28O6/c1-14(2)22(28)11-17-9-16(5-7-20(17)26)6-8-21(27)19-10-18(12-23(29)15(3)4)24(30)13-25(19)31/h5-10,13,22-23,26,28-31H,1,3,11-12H2,2,4H3. The van der Waals surface area contributed by atoms with E-state index >= 15 is 0 Å². The molecule has 0 amide bonds. The molecular formula is C25H28O6. The summed E-state index contributed by atoms with van der Waals surface area (Å²) in [7, 11) is 0. The average molecular weight is 424 g/mol. The van der Waals surface area contributed by atoms with Gasteiger partial charge in [0.15, 0.2) is 5.78 Å². The number of phenolic OH excluding ortho intramolecular Hbond substituents is 3. The highest BCUT2D eigenvalue weighted by Gasteiger charge is 2.16. The van der Waals surface area contributed by atoms with E-state index in [2.05, 4.69) is 13.2 Å². The predicted molar refractivity (Wildman–Crippen MR) is 120 cm³/mol. The minimum atomic E-state index is -0.890. The van der Waals surface area contributed by atoms with Crippen LogP contribution in [0.25, 0.3) is 6.08 Å². The van der Waals surface area contributed by atoms with Crippen LogP contribution in [-0.4, -0.2) is 43.5 Å². The molecule has 0 radical (unpaired) electrons. The van der Waals surface area contributed by atoms with Gasteiger partial charge in [-0.1, -0.05) is 36.4 Å². The molecule has 0 aliphatic rings. The van der Waals surface area contributed by atoms with Gasteiger partial charge in [0.25, 0.3) is 0 Å². The topological polar surface area (TPSA) is 118 Å². The van der Waals surface area contributed by atoms with Crippen LogP contribution in [-0.2, 0) is 12.8 Å². The summed E-state index contributed by atoms with van der Waals surface area (Å²) in [6.07, 6.45) is 1.33. The molecular weight excluding hydrogens is 396 g/mol. The van der Waals surface area contributed by atoms with E-state index < -0.39 is 18.0 Å². The molecule has 2 aromatic rings. The lowest BCUT2D eigenvalue weighted by atomic mass is 9.97. The molecule has 0 heterocycles. The van der Waals surface area contributed by atoms with Crippen LogP contribution in [0.15, 0.2) is 60.7 Å². The van der Waals surface area contributed by atoms with E-state index in [0.717, 1.165) is 6.07 Å². The quantitative estimate of drug-likeness (QED) is 0.238. The number of carbonyl (C=O) groups is 1. The molecule has 2 rings (SSSR count). The maximum absolute atomic E-state index is 12.6. The summed E-state index contributed by atoms with van der Waals surface area (Å²) in [5.74, 6) is -1.07. The zero-order valence-corrected chi connectivity index (χ0v) is 17.7. The number of aromatic hydroxyl groups is 3. The van der Waals surface area contributed by atoms with Crippen molar-refractivity contribution in [3.63, 3.8) is 0 Å².